The minimum Gasteiger partial charge on any atom is -0.478 e. The Kier molecular flexibility index (Phi) is 5.63. The van der Waals surface area contributed by atoms with E-state index >= 15 is 0 Å². The molecule has 0 heterocycles. The molecule has 0 fully saturated rings. The normalized spacial score (nSPS) is 11.4. The quantitative estimate of drug-likeness (QED) is 0.498. The van der Waals surface area contributed by atoms with Crippen LogP contribution >= 0.6 is 0 Å². The second-order valence-electron chi connectivity index (χ2n) is 5.44. The molecule has 0 saturated heterocycles. The Morgan fingerprint density at radius 1 is 1.12 bits per heavy atom. The van der Waals surface area contributed by atoms with Gasteiger partial charge in [0.05, 0.1) is 10.5 Å². The number of aromatic carboxylic acids is 1. The Balaban J connectivity index is 2.13. The molecule has 9 heteroatoms. The summed E-state index contributed by atoms with van der Waals surface area (Å²) in [5, 5.41) is 22.1. The van der Waals surface area contributed by atoms with Crippen LogP contribution in [0.1, 0.15) is 26.3 Å². The van der Waals surface area contributed by atoms with Crippen LogP contribution in [0.5, 0.6) is 0 Å². The van der Waals surface area contributed by atoms with Gasteiger partial charge in [-0.2, -0.15) is 0 Å². The highest BCUT2D eigenvalue weighted by molar-refractivity contribution is 5.97. The highest BCUT2D eigenvalue weighted by Gasteiger charge is 2.20. The summed E-state index contributed by atoms with van der Waals surface area (Å²) in [4.78, 5) is 44.9. The summed E-state index contributed by atoms with van der Waals surface area (Å²) in [6, 6.07) is 9.78. The number of carboxylic acid groups (broad SMARTS) is 1. The smallest absolute Gasteiger partial charge is 0.335 e. The Morgan fingerprint density at radius 3 is 2.31 bits per heavy atom. The summed E-state index contributed by atoms with van der Waals surface area (Å²) in [7, 11) is 0. The van der Waals surface area contributed by atoms with Crippen molar-refractivity contribution in [2.45, 2.75) is 12.5 Å². The summed E-state index contributed by atoms with van der Waals surface area (Å²) in [6.07, 6.45) is 0.0515. The lowest BCUT2D eigenvalue weighted by atomic mass is 10.0. The van der Waals surface area contributed by atoms with Crippen LogP contribution in [0.2, 0.25) is 0 Å². The van der Waals surface area contributed by atoms with Crippen molar-refractivity contribution in [3.05, 3.63) is 75.3 Å². The minimum atomic E-state index is -1.08. The van der Waals surface area contributed by atoms with Gasteiger partial charge >= 0.3 is 5.97 Å². The number of nitrogens with one attached hydrogen (secondary N) is 1. The number of nitro groups is 1. The molecule has 2 aromatic rings. The zero-order valence-electron chi connectivity index (χ0n) is 13.4. The molecule has 0 saturated carbocycles. The fraction of sp³-hybridized carbons (Fsp3) is 0.118. The van der Waals surface area contributed by atoms with Crippen LogP contribution in [0.15, 0.2) is 48.5 Å². The number of carbonyl (C=O) groups is 3. The first kappa shape index (κ1) is 18.6. The molecule has 0 aliphatic heterocycles. The summed E-state index contributed by atoms with van der Waals surface area (Å²) >= 11 is 0. The molecule has 0 aliphatic carbocycles. The fourth-order valence-electron chi connectivity index (χ4n) is 2.24. The van der Waals surface area contributed by atoms with Gasteiger partial charge in [0.2, 0.25) is 5.91 Å². The molecule has 0 unspecified atom stereocenters. The standard InChI is InChI=1S/C17H15N3O6/c18-15(21)14(8-10-4-6-11(7-5-10)17(23)24)19-16(22)12-2-1-3-13(9-12)20(25)26/h1-7,9,14H,8H2,(H2,18,21)(H,19,22)(H,23,24)/t14-/m0/s1. The number of nitrogens with zero attached hydrogens (tertiary/aromatic N) is 1. The maximum absolute atomic E-state index is 12.2. The second-order valence-corrected chi connectivity index (χ2v) is 5.44. The molecule has 0 aromatic heterocycles. The van der Waals surface area contributed by atoms with E-state index in [1.54, 1.807) is 0 Å². The lowest BCUT2D eigenvalue weighted by Gasteiger charge is -2.15. The molecule has 2 rings (SSSR count). The summed E-state index contributed by atoms with van der Waals surface area (Å²) < 4.78 is 0. The van der Waals surface area contributed by atoms with Gasteiger partial charge in [-0.1, -0.05) is 18.2 Å². The van der Waals surface area contributed by atoms with Gasteiger partial charge < -0.3 is 16.2 Å². The summed E-state index contributed by atoms with van der Waals surface area (Å²) in [5.41, 5.74) is 5.76. The lowest BCUT2D eigenvalue weighted by molar-refractivity contribution is -0.384. The molecule has 134 valence electrons. The van der Waals surface area contributed by atoms with Crippen molar-refractivity contribution >= 4 is 23.5 Å². The predicted molar refractivity (Wildman–Crippen MR) is 90.7 cm³/mol. The van der Waals surface area contributed by atoms with Crippen molar-refractivity contribution in [3.63, 3.8) is 0 Å². The molecule has 0 bridgehead atoms. The maximum atomic E-state index is 12.2. The van der Waals surface area contributed by atoms with Crippen LogP contribution < -0.4 is 11.1 Å². The lowest BCUT2D eigenvalue weighted by Crippen LogP contribution is -2.45. The van der Waals surface area contributed by atoms with Gasteiger partial charge in [-0.3, -0.25) is 19.7 Å². The highest BCUT2D eigenvalue weighted by atomic mass is 16.6. The predicted octanol–water partition coefficient (Wildman–Crippen LogP) is 1.12. The number of rotatable bonds is 7. The number of hydrogen-bond donors (Lipinski definition) is 3. The number of hydrogen-bond acceptors (Lipinski definition) is 5. The number of nitro benzene ring substituents is 1. The van der Waals surface area contributed by atoms with Gasteiger partial charge in [0.25, 0.3) is 11.6 Å². The van der Waals surface area contributed by atoms with Gasteiger partial charge in [0.15, 0.2) is 0 Å². The summed E-state index contributed by atoms with van der Waals surface area (Å²) in [5.74, 6) is -2.55. The number of non-ortho nitro benzene ring substituents is 1. The molecule has 2 amide bonds. The van der Waals surface area contributed by atoms with Gasteiger partial charge in [-0.05, 0) is 23.8 Å². The molecule has 0 spiro atoms. The number of nitrogens with two attached hydrogens (primary N) is 1. The van der Waals surface area contributed by atoms with E-state index in [9.17, 15) is 24.5 Å². The first-order valence-corrected chi connectivity index (χ1v) is 7.45. The third kappa shape index (κ3) is 4.63. The third-order valence-electron chi connectivity index (χ3n) is 3.61. The Bertz CT molecular complexity index is 863. The highest BCUT2D eigenvalue weighted by Crippen LogP contribution is 2.14. The van der Waals surface area contributed by atoms with Gasteiger partial charge in [0, 0.05) is 24.1 Å². The van der Waals surface area contributed by atoms with E-state index in [1.807, 2.05) is 0 Å². The van der Waals surface area contributed by atoms with E-state index in [2.05, 4.69) is 5.32 Å². The molecular weight excluding hydrogens is 342 g/mol. The number of carboxylic acids is 1. The summed E-state index contributed by atoms with van der Waals surface area (Å²) in [6.45, 7) is 0. The molecule has 2 aromatic carbocycles. The van der Waals surface area contributed by atoms with Gasteiger partial charge in [0.1, 0.15) is 6.04 Å². The molecule has 1 atom stereocenters. The van der Waals surface area contributed by atoms with Crippen LogP contribution in [0, 0.1) is 10.1 Å². The second kappa shape index (κ2) is 7.88. The topological polar surface area (TPSA) is 153 Å². The monoisotopic (exact) mass is 357 g/mol. The zero-order chi connectivity index (χ0) is 19.3. The number of primary amides is 1. The minimum absolute atomic E-state index is 0.0201. The Hall–Kier alpha value is -3.75. The first-order chi connectivity index (χ1) is 12.3. The van der Waals surface area contributed by atoms with E-state index < -0.39 is 28.7 Å². The van der Waals surface area contributed by atoms with E-state index in [1.165, 1.54) is 42.5 Å². The van der Waals surface area contributed by atoms with Crippen molar-refractivity contribution in [2.24, 2.45) is 5.73 Å². The Labute approximate surface area is 147 Å². The van der Waals surface area contributed by atoms with Crippen LogP contribution in [-0.2, 0) is 11.2 Å². The van der Waals surface area contributed by atoms with Gasteiger partial charge in [-0.15, -0.1) is 0 Å². The number of amides is 2. The van der Waals surface area contributed by atoms with Crippen LogP contribution in [0.4, 0.5) is 5.69 Å². The molecule has 9 nitrogen and oxygen atoms in total. The van der Waals surface area contributed by atoms with Crippen LogP contribution in [-0.4, -0.2) is 33.9 Å². The Morgan fingerprint density at radius 2 is 1.77 bits per heavy atom. The first-order valence-electron chi connectivity index (χ1n) is 7.45. The van der Waals surface area contributed by atoms with E-state index in [4.69, 9.17) is 10.8 Å². The maximum Gasteiger partial charge on any atom is 0.335 e. The van der Waals surface area contributed by atoms with Crippen LogP contribution in [0.3, 0.4) is 0 Å². The van der Waals surface area contributed by atoms with E-state index in [-0.39, 0.29) is 23.2 Å². The molecule has 26 heavy (non-hydrogen) atoms. The fourth-order valence-corrected chi connectivity index (χ4v) is 2.24. The average molecular weight is 357 g/mol. The van der Waals surface area contributed by atoms with E-state index in [0.717, 1.165) is 6.07 Å². The van der Waals surface area contributed by atoms with Crippen molar-refractivity contribution in [1.82, 2.24) is 5.32 Å². The van der Waals surface area contributed by atoms with Crippen molar-refractivity contribution in [1.29, 1.82) is 0 Å². The van der Waals surface area contributed by atoms with Crippen molar-refractivity contribution in [2.75, 3.05) is 0 Å². The molecule has 0 radical (unpaired) electrons. The van der Waals surface area contributed by atoms with E-state index in [0.29, 0.717) is 5.56 Å². The molecular formula is C17H15N3O6. The zero-order valence-corrected chi connectivity index (χ0v) is 13.4. The molecule has 0 aliphatic rings. The number of carbonyl (C=O) groups excluding carboxylic acids is 2. The van der Waals surface area contributed by atoms with Crippen molar-refractivity contribution < 1.29 is 24.4 Å². The van der Waals surface area contributed by atoms with Crippen LogP contribution in [0.25, 0.3) is 0 Å². The SMILES string of the molecule is NC(=O)[C@H](Cc1ccc(C(=O)O)cc1)NC(=O)c1cccc([N+](=O)[O-])c1. The van der Waals surface area contributed by atoms with Crippen molar-refractivity contribution in [3.8, 4) is 0 Å². The molecule has 4 N–H and O–H groups in total. The average Bonchev–Trinajstić information content (AvgIpc) is 2.61. The largest absolute Gasteiger partial charge is 0.478 e. The third-order valence-corrected chi connectivity index (χ3v) is 3.61. The number of benzene rings is 2. The van der Waals surface area contributed by atoms with Gasteiger partial charge in [-0.25, -0.2) is 4.79 Å².